The molecule has 0 spiro atoms. The topological polar surface area (TPSA) is 54.9 Å². The summed E-state index contributed by atoms with van der Waals surface area (Å²) in [6.45, 7) is 3.93. The highest BCUT2D eigenvalue weighted by Gasteiger charge is 2.09. The zero-order valence-electron chi connectivity index (χ0n) is 12.0. The molecule has 2 aromatic heterocycles. The second-order valence-corrected chi connectivity index (χ2v) is 7.91. The second-order valence-electron chi connectivity index (χ2n) is 4.63. The summed E-state index contributed by atoms with van der Waals surface area (Å²) in [6.07, 6.45) is 0. The number of amides is 1. The number of nitrogens with one attached hydrogen (secondary N) is 1. The van der Waals surface area contributed by atoms with Crippen molar-refractivity contribution in [2.75, 3.05) is 5.32 Å². The molecule has 22 heavy (non-hydrogen) atoms. The molecule has 0 aliphatic carbocycles. The van der Waals surface area contributed by atoms with E-state index in [0.29, 0.717) is 5.56 Å². The third-order valence-corrected chi connectivity index (χ3v) is 5.50. The van der Waals surface area contributed by atoms with Crippen molar-refractivity contribution in [3.05, 3.63) is 51.2 Å². The number of thiophene rings is 1. The molecule has 0 unspecified atom stereocenters. The van der Waals surface area contributed by atoms with Crippen LogP contribution in [0.4, 0.5) is 5.69 Å². The maximum absolute atomic E-state index is 12.1. The maximum Gasteiger partial charge on any atom is 0.256 e. The number of benzene rings is 1. The number of hydrogen-bond acceptors (Lipinski definition) is 6. The van der Waals surface area contributed by atoms with Crippen molar-refractivity contribution >= 4 is 46.0 Å². The van der Waals surface area contributed by atoms with Gasteiger partial charge in [-0.25, -0.2) is 0 Å². The van der Waals surface area contributed by atoms with E-state index >= 15 is 0 Å². The van der Waals surface area contributed by atoms with Gasteiger partial charge < -0.3 is 5.32 Å². The molecule has 7 heteroatoms. The Morgan fingerprint density at radius 1 is 1.23 bits per heavy atom. The van der Waals surface area contributed by atoms with Crippen molar-refractivity contribution < 1.29 is 4.79 Å². The minimum atomic E-state index is -0.0792. The number of carbonyl (C=O) groups is 1. The van der Waals surface area contributed by atoms with Crippen molar-refractivity contribution in [1.29, 1.82) is 0 Å². The van der Waals surface area contributed by atoms with Gasteiger partial charge in [0, 0.05) is 16.0 Å². The normalized spacial score (nSPS) is 10.6. The average molecular weight is 347 g/mol. The molecule has 0 fully saturated rings. The Labute approximate surface area is 140 Å². The molecular weight excluding hydrogens is 334 g/mol. The molecule has 4 nitrogen and oxygen atoms in total. The fraction of sp³-hybridized carbons (Fsp3) is 0.133. The van der Waals surface area contributed by atoms with Gasteiger partial charge in [-0.15, -0.1) is 10.2 Å². The molecule has 0 aliphatic rings. The molecule has 1 amide bonds. The lowest BCUT2D eigenvalue weighted by Gasteiger charge is -2.09. The van der Waals surface area contributed by atoms with Gasteiger partial charge in [0.2, 0.25) is 0 Å². The van der Waals surface area contributed by atoms with Gasteiger partial charge in [-0.05, 0) is 49.1 Å². The Bertz CT molecular complexity index is 796. The van der Waals surface area contributed by atoms with Gasteiger partial charge in [0.25, 0.3) is 5.91 Å². The van der Waals surface area contributed by atoms with E-state index in [0.717, 1.165) is 25.5 Å². The van der Waals surface area contributed by atoms with Crippen LogP contribution in [0.25, 0.3) is 0 Å². The first-order chi connectivity index (χ1) is 10.6. The molecule has 112 valence electrons. The first-order valence-corrected chi connectivity index (χ1v) is 9.11. The number of hydrogen-bond donors (Lipinski definition) is 1. The van der Waals surface area contributed by atoms with Crippen molar-refractivity contribution in [2.24, 2.45) is 0 Å². The standard InChI is InChI=1S/C15H13N3OS3/c1-9-7-12(22-15-18-17-10(2)21-15)3-4-13(9)16-14(19)11-5-6-20-8-11/h3-8H,1-2H3,(H,16,19). The van der Waals surface area contributed by atoms with Crippen LogP contribution >= 0.6 is 34.4 Å². The molecule has 2 heterocycles. The minimum Gasteiger partial charge on any atom is -0.322 e. The highest BCUT2D eigenvalue weighted by atomic mass is 32.2. The monoisotopic (exact) mass is 347 g/mol. The third kappa shape index (κ3) is 3.55. The van der Waals surface area contributed by atoms with E-state index in [1.54, 1.807) is 23.1 Å². The van der Waals surface area contributed by atoms with Gasteiger partial charge in [-0.3, -0.25) is 4.79 Å². The summed E-state index contributed by atoms with van der Waals surface area (Å²) in [5, 5.41) is 15.8. The number of nitrogens with zero attached hydrogens (tertiary/aromatic N) is 2. The van der Waals surface area contributed by atoms with Gasteiger partial charge in [0.15, 0.2) is 4.34 Å². The van der Waals surface area contributed by atoms with Crippen LogP contribution in [0.5, 0.6) is 0 Å². The summed E-state index contributed by atoms with van der Waals surface area (Å²) in [7, 11) is 0. The molecular formula is C15H13N3OS3. The van der Waals surface area contributed by atoms with Gasteiger partial charge >= 0.3 is 0 Å². The lowest BCUT2D eigenvalue weighted by molar-refractivity contribution is 0.102. The van der Waals surface area contributed by atoms with Gasteiger partial charge in [0.1, 0.15) is 5.01 Å². The molecule has 0 aliphatic heterocycles. The first kappa shape index (κ1) is 15.2. The second kappa shape index (κ2) is 6.60. The summed E-state index contributed by atoms with van der Waals surface area (Å²) < 4.78 is 0.923. The number of rotatable bonds is 4. The third-order valence-electron chi connectivity index (χ3n) is 2.94. The van der Waals surface area contributed by atoms with E-state index in [-0.39, 0.29) is 5.91 Å². The lowest BCUT2D eigenvalue weighted by Crippen LogP contribution is -2.11. The SMILES string of the molecule is Cc1nnc(Sc2ccc(NC(=O)c3ccsc3)c(C)c2)s1. The molecule has 0 saturated heterocycles. The predicted molar refractivity (Wildman–Crippen MR) is 92.2 cm³/mol. The lowest BCUT2D eigenvalue weighted by atomic mass is 10.2. The van der Waals surface area contributed by atoms with Crippen molar-refractivity contribution in [2.45, 2.75) is 23.1 Å². The van der Waals surface area contributed by atoms with Crippen LogP contribution in [0, 0.1) is 13.8 Å². The summed E-state index contributed by atoms with van der Waals surface area (Å²) in [6, 6.07) is 7.77. The summed E-state index contributed by atoms with van der Waals surface area (Å²) >= 11 is 4.67. The summed E-state index contributed by atoms with van der Waals surface area (Å²) in [5.74, 6) is -0.0792. The largest absolute Gasteiger partial charge is 0.322 e. The quantitative estimate of drug-likeness (QED) is 0.748. The highest BCUT2D eigenvalue weighted by Crippen LogP contribution is 2.32. The Balaban J connectivity index is 1.73. The fourth-order valence-corrected chi connectivity index (χ4v) is 4.37. The number of anilines is 1. The van der Waals surface area contributed by atoms with E-state index in [1.165, 1.54) is 11.3 Å². The van der Waals surface area contributed by atoms with Gasteiger partial charge in [-0.2, -0.15) is 11.3 Å². The Morgan fingerprint density at radius 3 is 2.73 bits per heavy atom. The molecule has 0 atom stereocenters. The zero-order chi connectivity index (χ0) is 15.5. The van der Waals surface area contributed by atoms with Crippen LogP contribution in [-0.2, 0) is 0 Å². The summed E-state index contributed by atoms with van der Waals surface area (Å²) in [4.78, 5) is 13.2. The smallest absolute Gasteiger partial charge is 0.256 e. The highest BCUT2D eigenvalue weighted by molar-refractivity contribution is 8.01. The van der Waals surface area contributed by atoms with Crippen LogP contribution < -0.4 is 5.32 Å². The van der Waals surface area contributed by atoms with Gasteiger partial charge in [-0.1, -0.05) is 23.1 Å². The fourth-order valence-electron chi connectivity index (χ4n) is 1.85. The van der Waals surface area contributed by atoms with E-state index < -0.39 is 0 Å². The van der Waals surface area contributed by atoms with Crippen LogP contribution in [-0.4, -0.2) is 16.1 Å². The molecule has 3 rings (SSSR count). The Morgan fingerprint density at radius 2 is 2.09 bits per heavy atom. The van der Waals surface area contributed by atoms with E-state index in [2.05, 4.69) is 15.5 Å². The van der Waals surface area contributed by atoms with Crippen LogP contribution in [0.15, 0.2) is 44.3 Å². The van der Waals surface area contributed by atoms with Gasteiger partial charge in [0.05, 0.1) is 5.56 Å². The average Bonchev–Trinajstić information content (AvgIpc) is 3.13. The van der Waals surface area contributed by atoms with Crippen molar-refractivity contribution in [1.82, 2.24) is 10.2 Å². The number of carbonyl (C=O) groups excluding carboxylic acids is 1. The number of aryl methyl sites for hydroxylation is 2. The number of aromatic nitrogens is 2. The predicted octanol–water partition coefficient (Wildman–Crippen LogP) is 4.62. The van der Waals surface area contributed by atoms with Crippen LogP contribution in [0.2, 0.25) is 0 Å². The zero-order valence-corrected chi connectivity index (χ0v) is 14.4. The summed E-state index contributed by atoms with van der Waals surface area (Å²) in [5.41, 5.74) is 2.54. The molecule has 1 aromatic carbocycles. The van der Waals surface area contributed by atoms with E-state index in [4.69, 9.17) is 0 Å². The molecule has 0 radical (unpaired) electrons. The Hall–Kier alpha value is -1.70. The van der Waals surface area contributed by atoms with Crippen LogP contribution in [0.3, 0.4) is 0 Å². The van der Waals surface area contributed by atoms with Crippen molar-refractivity contribution in [3.8, 4) is 0 Å². The molecule has 0 bridgehead atoms. The first-order valence-electron chi connectivity index (χ1n) is 6.54. The van der Waals surface area contributed by atoms with Crippen molar-refractivity contribution in [3.63, 3.8) is 0 Å². The maximum atomic E-state index is 12.1. The minimum absolute atomic E-state index is 0.0792. The van der Waals surface area contributed by atoms with E-state index in [1.807, 2.05) is 48.9 Å². The van der Waals surface area contributed by atoms with E-state index in [9.17, 15) is 4.79 Å². The Kier molecular flexibility index (Phi) is 4.56. The molecule has 0 saturated carbocycles. The molecule has 3 aromatic rings. The molecule has 1 N–H and O–H groups in total. The van der Waals surface area contributed by atoms with Crippen LogP contribution in [0.1, 0.15) is 20.9 Å².